The number of nitrogens with zero attached hydrogens (tertiary/aromatic N) is 4. The van der Waals surface area contributed by atoms with Crippen LogP contribution in [-0.4, -0.2) is 105 Å². The molecule has 4 amide bonds. The first kappa shape index (κ1) is 26.8. The number of likely N-dealkylation sites (N-methyl/N-ethyl adjacent to an activating group) is 1. The third-order valence-corrected chi connectivity index (χ3v) is 8.07. The topological polar surface area (TPSA) is 113 Å². The van der Waals surface area contributed by atoms with Crippen LogP contribution in [0.1, 0.15) is 17.2 Å². The SMILES string of the molecule is COc1cccc([C@@H]2NC(=O)N(C)C3=C2C(=O)N(CC(=O)N2CCN(Cc4ccc5c(c4)OCO5)CC2)C3)c1OC. The van der Waals surface area contributed by atoms with Crippen molar-refractivity contribution < 1.29 is 33.3 Å². The highest BCUT2D eigenvalue weighted by molar-refractivity contribution is 6.03. The number of para-hydroxylation sites is 1. The maximum absolute atomic E-state index is 13.7. The number of fused-ring (bicyclic) bond motifs is 1. The third-order valence-electron chi connectivity index (χ3n) is 8.07. The van der Waals surface area contributed by atoms with Crippen molar-refractivity contribution in [2.75, 3.05) is 67.3 Å². The molecule has 41 heavy (non-hydrogen) atoms. The first-order chi connectivity index (χ1) is 19.9. The highest BCUT2D eigenvalue weighted by atomic mass is 16.7. The second-order valence-electron chi connectivity index (χ2n) is 10.4. The lowest BCUT2D eigenvalue weighted by atomic mass is 9.94. The molecule has 12 heteroatoms. The van der Waals surface area contributed by atoms with Crippen molar-refractivity contribution in [2.45, 2.75) is 12.6 Å². The summed E-state index contributed by atoms with van der Waals surface area (Å²) in [6, 6.07) is 10.2. The van der Waals surface area contributed by atoms with Gasteiger partial charge in [-0.3, -0.25) is 19.4 Å². The van der Waals surface area contributed by atoms with Gasteiger partial charge in [0, 0.05) is 45.3 Å². The number of ether oxygens (including phenoxy) is 4. The summed E-state index contributed by atoms with van der Waals surface area (Å²) in [6.07, 6.45) is 0. The van der Waals surface area contributed by atoms with Gasteiger partial charge in [0.15, 0.2) is 23.0 Å². The molecule has 1 atom stereocenters. The number of rotatable bonds is 7. The van der Waals surface area contributed by atoms with E-state index in [9.17, 15) is 14.4 Å². The van der Waals surface area contributed by atoms with E-state index >= 15 is 0 Å². The first-order valence-corrected chi connectivity index (χ1v) is 13.5. The van der Waals surface area contributed by atoms with E-state index in [2.05, 4.69) is 10.2 Å². The van der Waals surface area contributed by atoms with Crippen molar-refractivity contribution in [1.82, 2.24) is 24.9 Å². The molecular formula is C29H33N5O7. The predicted octanol–water partition coefficient (Wildman–Crippen LogP) is 1.57. The molecule has 0 saturated carbocycles. The second-order valence-corrected chi connectivity index (χ2v) is 10.4. The van der Waals surface area contributed by atoms with Crippen LogP contribution in [0.25, 0.3) is 0 Å². The van der Waals surface area contributed by atoms with E-state index < -0.39 is 6.04 Å². The number of urea groups is 1. The minimum atomic E-state index is -0.730. The van der Waals surface area contributed by atoms with Crippen molar-refractivity contribution in [1.29, 1.82) is 0 Å². The highest BCUT2D eigenvalue weighted by Gasteiger charge is 2.44. The zero-order valence-electron chi connectivity index (χ0n) is 23.3. The Bertz CT molecular complexity index is 1420. The van der Waals surface area contributed by atoms with E-state index in [1.165, 1.54) is 24.0 Å². The summed E-state index contributed by atoms with van der Waals surface area (Å²) < 4.78 is 21.9. The van der Waals surface area contributed by atoms with Gasteiger partial charge < -0.3 is 34.1 Å². The molecule has 4 aliphatic rings. The number of carbonyl (C=O) groups is 3. The van der Waals surface area contributed by atoms with Crippen molar-refractivity contribution in [2.24, 2.45) is 0 Å². The number of hydrogen-bond donors (Lipinski definition) is 1. The molecule has 216 valence electrons. The van der Waals surface area contributed by atoms with Crippen LogP contribution in [0.4, 0.5) is 4.79 Å². The van der Waals surface area contributed by atoms with Crippen LogP contribution in [0, 0.1) is 0 Å². The maximum Gasteiger partial charge on any atom is 0.322 e. The average molecular weight is 564 g/mol. The third kappa shape index (κ3) is 4.88. The van der Waals surface area contributed by atoms with Crippen LogP contribution < -0.4 is 24.3 Å². The highest BCUT2D eigenvalue weighted by Crippen LogP contribution is 2.42. The molecule has 6 rings (SSSR count). The van der Waals surface area contributed by atoms with Gasteiger partial charge in [-0.15, -0.1) is 0 Å². The molecule has 1 N–H and O–H groups in total. The number of carbonyl (C=O) groups excluding carboxylic acids is 3. The molecule has 0 radical (unpaired) electrons. The molecule has 2 aromatic rings. The lowest BCUT2D eigenvalue weighted by molar-refractivity contribution is -0.139. The van der Waals surface area contributed by atoms with Gasteiger partial charge in [0.05, 0.1) is 38.1 Å². The Morgan fingerprint density at radius 2 is 1.80 bits per heavy atom. The minimum Gasteiger partial charge on any atom is -0.493 e. The minimum absolute atomic E-state index is 0.0575. The van der Waals surface area contributed by atoms with Gasteiger partial charge in [0.2, 0.25) is 12.7 Å². The number of amides is 4. The van der Waals surface area contributed by atoms with Gasteiger partial charge in [0.1, 0.15) is 6.54 Å². The fraction of sp³-hybridized carbons (Fsp3) is 0.414. The maximum atomic E-state index is 13.7. The standard InChI is InChI=1S/C29H33N5O7/c1-31-20-15-34(28(36)25(20)26(30-29(31)37)19-5-4-6-22(38-2)27(19)39-3)16-24(35)33-11-9-32(10-12-33)14-18-7-8-21-23(13-18)41-17-40-21/h4-8,13,26H,9-12,14-17H2,1-3H3,(H,30,37)/t26-/m0/s1. The zero-order valence-corrected chi connectivity index (χ0v) is 23.3. The number of benzene rings is 2. The average Bonchev–Trinajstić information content (AvgIpc) is 3.59. The van der Waals surface area contributed by atoms with Gasteiger partial charge in [-0.1, -0.05) is 18.2 Å². The molecule has 0 spiro atoms. The molecular weight excluding hydrogens is 530 g/mol. The van der Waals surface area contributed by atoms with E-state index in [1.807, 2.05) is 18.2 Å². The Hall–Kier alpha value is -4.45. The first-order valence-electron chi connectivity index (χ1n) is 13.5. The van der Waals surface area contributed by atoms with Crippen molar-refractivity contribution in [3.05, 3.63) is 58.8 Å². The molecule has 2 aromatic carbocycles. The second kappa shape index (κ2) is 10.8. The Morgan fingerprint density at radius 1 is 1.02 bits per heavy atom. The summed E-state index contributed by atoms with van der Waals surface area (Å²) in [4.78, 5) is 46.9. The molecule has 0 aliphatic carbocycles. The molecule has 1 fully saturated rings. The van der Waals surface area contributed by atoms with E-state index in [0.717, 1.165) is 36.7 Å². The number of hydrogen-bond acceptors (Lipinski definition) is 8. The fourth-order valence-electron chi connectivity index (χ4n) is 5.84. The van der Waals surface area contributed by atoms with Crippen LogP contribution in [-0.2, 0) is 16.1 Å². The van der Waals surface area contributed by atoms with E-state index in [1.54, 1.807) is 30.1 Å². The predicted molar refractivity (Wildman–Crippen MR) is 147 cm³/mol. The molecule has 0 unspecified atom stereocenters. The summed E-state index contributed by atoms with van der Waals surface area (Å²) in [5.41, 5.74) is 2.75. The van der Waals surface area contributed by atoms with E-state index in [4.69, 9.17) is 18.9 Å². The zero-order chi connectivity index (χ0) is 28.7. The van der Waals surface area contributed by atoms with Gasteiger partial charge in [-0.2, -0.15) is 0 Å². The van der Waals surface area contributed by atoms with Crippen LogP contribution >= 0.6 is 0 Å². The monoisotopic (exact) mass is 563 g/mol. The van der Waals surface area contributed by atoms with Gasteiger partial charge >= 0.3 is 6.03 Å². The lowest BCUT2D eigenvalue weighted by Crippen LogP contribution is -2.51. The van der Waals surface area contributed by atoms with Crippen molar-refractivity contribution in [3.63, 3.8) is 0 Å². The number of methoxy groups -OCH3 is 2. The Labute approximate surface area is 238 Å². The lowest BCUT2D eigenvalue weighted by Gasteiger charge is -2.35. The van der Waals surface area contributed by atoms with Crippen LogP contribution in [0.3, 0.4) is 0 Å². The van der Waals surface area contributed by atoms with Crippen molar-refractivity contribution in [3.8, 4) is 23.0 Å². The van der Waals surface area contributed by atoms with Crippen LogP contribution in [0.2, 0.25) is 0 Å². The normalized spacial score (nSPS) is 20.4. The number of piperazine rings is 1. The molecule has 12 nitrogen and oxygen atoms in total. The summed E-state index contributed by atoms with van der Waals surface area (Å²) in [5, 5.41) is 2.92. The van der Waals surface area contributed by atoms with Crippen LogP contribution in [0.15, 0.2) is 47.7 Å². The summed E-state index contributed by atoms with van der Waals surface area (Å²) in [7, 11) is 4.68. The molecule has 0 bridgehead atoms. The Morgan fingerprint density at radius 3 is 2.56 bits per heavy atom. The van der Waals surface area contributed by atoms with Crippen molar-refractivity contribution >= 4 is 17.8 Å². The molecule has 4 heterocycles. The smallest absolute Gasteiger partial charge is 0.322 e. The molecule has 0 aromatic heterocycles. The number of nitrogens with one attached hydrogen (secondary N) is 1. The Balaban J connectivity index is 1.11. The quantitative estimate of drug-likeness (QED) is 0.540. The summed E-state index contributed by atoms with van der Waals surface area (Å²) in [6.45, 7) is 3.71. The fourth-order valence-corrected chi connectivity index (χ4v) is 5.84. The molecule has 4 aliphatic heterocycles. The summed E-state index contributed by atoms with van der Waals surface area (Å²) in [5.74, 6) is 2.07. The van der Waals surface area contributed by atoms with E-state index in [0.29, 0.717) is 41.4 Å². The van der Waals surface area contributed by atoms with Gasteiger partial charge in [0.25, 0.3) is 5.91 Å². The van der Waals surface area contributed by atoms with Gasteiger partial charge in [-0.05, 0) is 23.8 Å². The van der Waals surface area contributed by atoms with Gasteiger partial charge in [-0.25, -0.2) is 4.79 Å². The van der Waals surface area contributed by atoms with Crippen LogP contribution in [0.5, 0.6) is 23.0 Å². The molecule has 1 saturated heterocycles. The summed E-state index contributed by atoms with van der Waals surface area (Å²) >= 11 is 0. The Kier molecular flexibility index (Phi) is 7.08. The largest absolute Gasteiger partial charge is 0.493 e. The van der Waals surface area contributed by atoms with E-state index in [-0.39, 0.29) is 37.7 Å².